The van der Waals surface area contributed by atoms with Gasteiger partial charge in [-0.15, -0.1) is 0 Å². The first-order valence-electron chi connectivity index (χ1n) is 5.06. The Morgan fingerprint density at radius 3 is 2.57 bits per heavy atom. The van der Waals surface area contributed by atoms with Crippen molar-refractivity contribution >= 4 is 11.8 Å². The number of rotatable bonds is 2. The van der Waals surface area contributed by atoms with E-state index in [1.165, 1.54) is 0 Å². The average molecular weight is 210 g/mol. The van der Waals surface area contributed by atoms with E-state index in [0.717, 1.165) is 35.7 Å². The Balaban J connectivity index is 2.42. The summed E-state index contributed by atoms with van der Waals surface area (Å²) in [5.41, 5.74) is 0.823. The van der Waals surface area contributed by atoms with E-state index < -0.39 is 0 Å². The summed E-state index contributed by atoms with van der Waals surface area (Å²) in [4.78, 5) is 2.42. The number of allylic oxidation sites excluding steroid dienone is 1. The van der Waals surface area contributed by atoms with Crippen LogP contribution in [0.5, 0.6) is 0 Å². The number of hydrogen-bond donors (Lipinski definition) is 0. The molecule has 0 aliphatic carbocycles. The molecule has 1 fully saturated rings. The molecule has 1 aliphatic heterocycles. The zero-order valence-electron chi connectivity index (χ0n) is 9.16. The number of nitrogens with zero attached hydrogens (tertiary/aromatic N) is 2. The van der Waals surface area contributed by atoms with Crippen molar-refractivity contribution in [1.82, 2.24) is 4.90 Å². The summed E-state index contributed by atoms with van der Waals surface area (Å²) in [6.45, 7) is 9.62. The van der Waals surface area contributed by atoms with Crippen molar-refractivity contribution in [2.75, 3.05) is 19.6 Å². The van der Waals surface area contributed by atoms with Crippen LogP contribution in [-0.4, -0.2) is 35.0 Å². The van der Waals surface area contributed by atoms with Gasteiger partial charge in [-0.1, -0.05) is 19.9 Å². The Kier molecular flexibility index (Phi) is 4.50. The molecule has 1 aliphatic rings. The second-order valence-corrected chi connectivity index (χ2v) is 5.86. The van der Waals surface area contributed by atoms with Crippen LogP contribution in [-0.2, 0) is 0 Å². The topological polar surface area (TPSA) is 27.0 Å². The van der Waals surface area contributed by atoms with E-state index in [0.29, 0.717) is 0 Å². The molecule has 1 saturated heterocycles. The molecule has 2 unspecified atom stereocenters. The Bertz CT molecular complexity index is 245. The predicted molar refractivity (Wildman–Crippen MR) is 62.3 cm³/mol. The standard InChI is InChI=1S/C11H18N2S/c1-9(6-12)4-5-13-7-10(2)14-11(3)8-13/h4,10-11H,5,7-8H2,1-3H3/b9-4-. The normalized spacial score (nSPS) is 30.0. The SMILES string of the molecule is C/C(C#N)=C/CN1CC(C)SC(C)C1. The van der Waals surface area contributed by atoms with Gasteiger partial charge in [0.2, 0.25) is 0 Å². The molecule has 78 valence electrons. The molecule has 14 heavy (non-hydrogen) atoms. The van der Waals surface area contributed by atoms with Crippen LogP contribution in [0, 0.1) is 11.3 Å². The van der Waals surface area contributed by atoms with Crippen LogP contribution < -0.4 is 0 Å². The van der Waals surface area contributed by atoms with Crippen molar-refractivity contribution in [3.8, 4) is 6.07 Å². The fourth-order valence-corrected chi connectivity index (χ4v) is 3.13. The zero-order chi connectivity index (χ0) is 10.6. The summed E-state index contributed by atoms with van der Waals surface area (Å²) in [7, 11) is 0. The summed E-state index contributed by atoms with van der Waals surface area (Å²) in [6.07, 6.45) is 2.02. The van der Waals surface area contributed by atoms with Gasteiger partial charge in [0.1, 0.15) is 0 Å². The van der Waals surface area contributed by atoms with Crippen molar-refractivity contribution in [3.63, 3.8) is 0 Å². The molecule has 1 rings (SSSR count). The van der Waals surface area contributed by atoms with Crippen molar-refractivity contribution in [3.05, 3.63) is 11.6 Å². The largest absolute Gasteiger partial charge is 0.297 e. The molecule has 2 nitrogen and oxygen atoms in total. The lowest BCUT2D eigenvalue weighted by Gasteiger charge is -2.33. The second-order valence-electron chi connectivity index (χ2n) is 3.97. The lowest BCUT2D eigenvalue weighted by molar-refractivity contribution is 0.299. The van der Waals surface area contributed by atoms with Crippen molar-refractivity contribution in [2.24, 2.45) is 0 Å². The first kappa shape index (κ1) is 11.6. The fraction of sp³-hybridized carbons (Fsp3) is 0.727. The maximum Gasteiger partial charge on any atom is 0.0941 e. The summed E-state index contributed by atoms with van der Waals surface area (Å²) in [5.74, 6) is 0. The number of thioether (sulfide) groups is 1. The third kappa shape index (κ3) is 3.73. The van der Waals surface area contributed by atoms with Crippen LogP contribution in [0.4, 0.5) is 0 Å². The minimum absolute atomic E-state index is 0.717. The second kappa shape index (κ2) is 5.43. The van der Waals surface area contributed by atoms with E-state index in [9.17, 15) is 0 Å². The molecule has 2 atom stereocenters. The Hall–Kier alpha value is -0.460. The lowest BCUT2D eigenvalue weighted by Crippen LogP contribution is -2.40. The Morgan fingerprint density at radius 2 is 2.07 bits per heavy atom. The van der Waals surface area contributed by atoms with E-state index in [2.05, 4.69) is 36.6 Å². The van der Waals surface area contributed by atoms with Gasteiger partial charge in [0.05, 0.1) is 6.07 Å². The molecule has 3 heteroatoms. The molecule has 0 N–H and O–H groups in total. The van der Waals surface area contributed by atoms with Gasteiger partial charge in [-0.2, -0.15) is 17.0 Å². The van der Waals surface area contributed by atoms with E-state index in [-0.39, 0.29) is 0 Å². The molecule has 0 amide bonds. The molecular weight excluding hydrogens is 192 g/mol. The zero-order valence-corrected chi connectivity index (χ0v) is 9.97. The minimum atomic E-state index is 0.717. The summed E-state index contributed by atoms with van der Waals surface area (Å²) < 4.78 is 0. The van der Waals surface area contributed by atoms with Gasteiger partial charge in [-0.25, -0.2) is 0 Å². The smallest absolute Gasteiger partial charge is 0.0941 e. The Labute approximate surface area is 91.0 Å². The van der Waals surface area contributed by atoms with E-state index in [4.69, 9.17) is 5.26 Å². The summed E-state index contributed by atoms with van der Waals surface area (Å²) in [5, 5.41) is 10.1. The van der Waals surface area contributed by atoms with Crippen LogP contribution in [0.15, 0.2) is 11.6 Å². The molecule has 0 radical (unpaired) electrons. The highest BCUT2D eigenvalue weighted by atomic mass is 32.2. The van der Waals surface area contributed by atoms with Crippen molar-refractivity contribution < 1.29 is 0 Å². The predicted octanol–water partition coefficient (Wildman–Crippen LogP) is 2.28. The third-order valence-corrected chi connectivity index (χ3v) is 3.55. The molecule has 0 bridgehead atoms. The number of hydrogen-bond acceptors (Lipinski definition) is 3. The van der Waals surface area contributed by atoms with Gasteiger partial charge in [0.15, 0.2) is 0 Å². The first-order chi connectivity index (χ1) is 6.61. The fourth-order valence-electron chi connectivity index (χ4n) is 1.75. The van der Waals surface area contributed by atoms with E-state index in [1.54, 1.807) is 0 Å². The molecule has 0 aromatic heterocycles. The monoisotopic (exact) mass is 210 g/mol. The lowest BCUT2D eigenvalue weighted by atomic mass is 10.2. The van der Waals surface area contributed by atoms with Gasteiger partial charge in [0.25, 0.3) is 0 Å². The average Bonchev–Trinajstić information content (AvgIpc) is 2.12. The molecule has 0 aromatic rings. The quantitative estimate of drug-likeness (QED) is 0.654. The van der Waals surface area contributed by atoms with E-state index >= 15 is 0 Å². The van der Waals surface area contributed by atoms with Gasteiger partial charge in [-0.05, 0) is 6.92 Å². The highest BCUT2D eigenvalue weighted by molar-refractivity contribution is 8.00. The Morgan fingerprint density at radius 1 is 1.50 bits per heavy atom. The van der Waals surface area contributed by atoms with Crippen LogP contribution in [0.1, 0.15) is 20.8 Å². The van der Waals surface area contributed by atoms with Gasteiger partial charge in [-0.3, -0.25) is 4.90 Å². The molecule has 0 saturated carbocycles. The van der Waals surface area contributed by atoms with Crippen LogP contribution in [0.2, 0.25) is 0 Å². The highest BCUT2D eigenvalue weighted by Gasteiger charge is 2.20. The molecular formula is C11H18N2S. The molecule has 0 aromatic carbocycles. The summed E-state index contributed by atoms with van der Waals surface area (Å²) >= 11 is 2.06. The van der Waals surface area contributed by atoms with E-state index in [1.807, 2.05) is 13.0 Å². The van der Waals surface area contributed by atoms with Gasteiger partial charge < -0.3 is 0 Å². The maximum absolute atomic E-state index is 8.63. The minimum Gasteiger partial charge on any atom is -0.297 e. The molecule has 1 heterocycles. The maximum atomic E-state index is 8.63. The van der Waals surface area contributed by atoms with Crippen LogP contribution >= 0.6 is 11.8 Å². The van der Waals surface area contributed by atoms with Crippen molar-refractivity contribution in [1.29, 1.82) is 5.26 Å². The van der Waals surface area contributed by atoms with Crippen molar-refractivity contribution in [2.45, 2.75) is 31.3 Å². The van der Waals surface area contributed by atoms with Crippen LogP contribution in [0.25, 0.3) is 0 Å². The first-order valence-corrected chi connectivity index (χ1v) is 6.00. The molecule has 0 spiro atoms. The summed E-state index contributed by atoms with van der Waals surface area (Å²) in [6, 6.07) is 2.16. The number of nitriles is 1. The third-order valence-electron chi connectivity index (χ3n) is 2.33. The van der Waals surface area contributed by atoms with Gasteiger partial charge >= 0.3 is 0 Å². The van der Waals surface area contributed by atoms with Gasteiger partial charge in [0, 0.05) is 35.7 Å². The van der Waals surface area contributed by atoms with Crippen LogP contribution in [0.3, 0.4) is 0 Å². The highest BCUT2D eigenvalue weighted by Crippen LogP contribution is 2.24.